The normalized spacial score (nSPS) is 20.5. The number of carbonyl (C=O) groups is 2. The molecule has 0 saturated carbocycles. The second kappa shape index (κ2) is 7.12. The molecule has 1 aromatic heterocycles. The molecule has 1 unspecified atom stereocenters. The fourth-order valence-corrected chi connectivity index (χ4v) is 5.46. The molecule has 0 radical (unpaired) electrons. The number of carbonyl (C=O) groups excluding carboxylic acids is 2. The number of amides is 2. The van der Waals surface area contributed by atoms with Crippen molar-refractivity contribution in [2.24, 2.45) is 0 Å². The lowest BCUT2D eigenvalue weighted by atomic mass is 9.73. The standard InChI is InChI=1S/C22H26N2O2S/c1-23(2)20(25)14-16-15-22(18-7-4-3-6-17(16)18)9-11-24(12-10-22)21(26)19-8-5-13-27-19/h3-8,13,16H,9-12,14-15H2,1-2H3. The Morgan fingerprint density at radius 2 is 1.89 bits per heavy atom. The van der Waals surface area contributed by atoms with Crippen molar-refractivity contribution >= 4 is 23.2 Å². The zero-order valence-corrected chi connectivity index (χ0v) is 16.8. The summed E-state index contributed by atoms with van der Waals surface area (Å²) in [5.74, 6) is 0.637. The fourth-order valence-electron chi connectivity index (χ4n) is 4.77. The van der Waals surface area contributed by atoms with Crippen LogP contribution in [0.25, 0.3) is 0 Å². The van der Waals surface area contributed by atoms with Gasteiger partial charge in [0.15, 0.2) is 0 Å². The van der Waals surface area contributed by atoms with Gasteiger partial charge in [-0.1, -0.05) is 30.3 Å². The van der Waals surface area contributed by atoms with Crippen LogP contribution in [0.3, 0.4) is 0 Å². The lowest BCUT2D eigenvalue weighted by molar-refractivity contribution is -0.129. The van der Waals surface area contributed by atoms with Gasteiger partial charge in [-0.15, -0.1) is 11.3 Å². The summed E-state index contributed by atoms with van der Waals surface area (Å²) in [7, 11) is 3.65. The molecule has 0 bridgehead atoms. The van der Waals surface area contributed by atoms with Gasteiger partial charge in [0.05, 0.1) is 4.88 Å². The molecule has 4 rings (SSSR count). The predicted molar refractivity (Wildman–Crippen MR) is 108 cm³/mol. The number of fused-ring (bicyclic) bond motifs is 2. The topological polar surface area (TPSA) is 40.6 Å². The van der Waals surface area contributed by atoms with E-state index in [9.17, 15) is 9.59 Å². The highest BCUT2D eigenvalue weighted by Crippen LogP contribution is 2.52. The van der Waals surface area contributed by atoms with Gasteiger partial charge in [-0.05, 0) is 53.2 Å². The molecular formula is C22H26N2O2S. The Kier molecular flexibility index (Phi) is 4.81. The number of likely N-dealkylation sites (tertiary alicyclic amines) is 1. The number of nitrogens with zero attached hydrogens (tertiary/aromatic N) is 2. The smallest absolute Gasteiger partial charge is 0.263 e. The minimum absolute atomic E-state index is 0.111. The Labute approximate surface area is 164 Å². The highest BCUT2D eigenvalue weighted by molar-refractivity contribution is 7.12. The van der Waals surface area contributed by atoms with E-state index in [0.29, 0.717) is 6.42 Å². The molecule has 1 atom stereocenters. The third kappa shape index (κ3) is 3.29. The number of hydrogen-bond donors (Lipinski definition) is 0. The zero-order chi connectivity index (χ0) is 19.0. The van der Waals surface area contributed by atoms with Crippen LogP contribution in [-0.4, -0.2) is 48.8 Å². The Bertz CT molecular complexity index is 836. The van der Waals surface area contributed by atoms with Gasteiger partial charge in [0.2, 0.25) is 5.91 Å². The van der Waals surface area contributed by atoms with E-state index in [2.05, 4.69) is 24.3 Å². The van der Waals surface area contributed by atoms with Crippen LogP contribution in [0.15, 0.2) is 41.8 Å². The second-order valence-corrected chi connectivity index (χ2v) is 8.98. The second-order valence-electron chi connectivity index (χ2n) is 8.03. The minimum atomic E-state index is 0.111. The Morgan fingerprint density at radius 1 is 1.15 bits per heavy atom. The van der Waals surface area contributed by atoms with Crippen LogP contribution < -0.4 is 0 Å². The van der Waals surface area contributed by atoms with Crippen LogP contribution in [0.2, 0.25) is 0 Å². The summed E-state index contributed by atoms with van der Waals surface area (Å²) in [6.07, 6.45) is 3.55. The molecule has 1 aliphatic heterocycles. The minimum Gasteiger partial charge on any atom is -0.349 e. The zero-order valence-electron chi connectivity index (χ0n) is 16.0. The van der Waals surface area contributed by atoms with Crippen molar-refractivity contribution in [2.45, 2.75) is 37.0 Å². The Balaban J connectivity index is 1.52. The van der Waals surface area contributed by atoms with Crippen molar-refractivity contribution in [3.8, 4) is 0 Å². The molecule has 0 N–H and O–H groups in total. The predicted octanol–water partition coefficient (Wildman–Crippen LogP) is 3.89. The summed E-state index contributed by atoms with van der Waals surface area (Å²) in [5.41, 5.74) is 2.86. The van der Waals surface area contributed by atoms with Crippen LogP contribution in [0.1, 0.15) is 52.4 Å². The number of rotatable bonds is 3. The first-order chi connectivity index (χ1) is 13.0. The fraction of sp³-hybridized carbons (Fsp3) is 0.455. The number of thiophene rings is 1. The molecule has 4 nitrogen and oxygen atoms in total. The number of benzene rings is 1. The SMILES string of the molecule is CN(C)C(=O)CC1CC2(CCN(C(=O)c3cccs3)CC2)c2ccccc21. The van der Waals surface area contributed by atoms with Crippen molar-refractivity contribution in [1.29, 1.82) is 0 Å². The molecule has 1 aromatic carbocycles. The lowest BCUT2D eigenvalue weighted by Gasteiger charge is -2.40. The molecule has 1 aliphatic carbocycles. The highest BCUT2D eigenvalue weighted by atomic mass is 32.1. The van der Waals surface area contributed by atoms with Crippen molar-refractivity contribution in [2.75, 3.05) is 27.2 Å². The largest absolute Gasteiger partial charge is 0.349 e. The maximum absolute atomic E-state index is 12.7. The van der Waals surface area contributed by atoms with Crippen LogP contribution in [0.5, 0.6) is 0 Å². The van der Waals surface area contributed by atoms with E-state index in [0.717, 1.165) is 37.2 Å². The van der Waals surface area contributed by atoms with E-state index in [1.165, 1.54) is 22.5 Å². The van der Waals surface area contributed by atoms with E-state index < -0.39 is 0 Å². The highest BCUT2D eigenvalue weighted by Gasteiger charge is 2.46. The molecule has 2 aromatic rings. The van der Waals surface area contributed by atoms with Gasteiger partial charge in [0.1, 0.15) is 0 Å². The number of hydrogen-bond acceptors (Lipinski definition) is 3. The van der Waals surface area contributed by atoms with Gasteiger partial charge in [0.25, 0.3) is 5.91 Å². The summed E-state index contributed by atoms with van der Waals surface area (Å²) in [5, 5.41) is 1.96. The molecule has 1 fully saturated rings. The van der Waals surface area contributed by atoms with Gasteiger partial charge >= 0.3 is 0 Å². The summed E-state index contributed by atoms with van der Waals surface area (Å²) in [4.78, 5) is 29.5. The molecule has 2 aliphatic rings. The van der Waals surface area contributed by atoms with Crippen molar-refractivity contribution in [1.82, 2.24) is 9.80 Å². The van der Waals surface area contributed by atoms with E-state index >= 15 is 0 Å². The summed E-state index contributed by atoms with van der Waals surface area (Å²) in [6.45, 7) is 1.58. The molecular weight excluding hydrogens is 356 g/mol. The molecule has 1 saturated heterocycles. The van der Waals surface area contributed by atoms with Gasteiger partial charge in [0, 0.05) is 33.6 Å². The van der Waals surface area contributed by atoms with Crippen LogP contribution in [0, 0.1) is 0 Å². The van der Waals surface area contributed by atoms with E-state index in [1.54, 1.807) is 4.90 Å². The average molecular weight is 383 g/mol. The average Bonchev–Trinajstić information content (AvgIpc) is 3.30. The Hall–Kier alpha value is -2.14. The third-order valence-electron chi connectivity index (χ3n) is 6.27. The van der Waals surface area contributed by atoms with Crippen molar-refractivity contribution in [3.63, 3.8) is 0 Å². The first kappa shape index (κ1) is 18.2. The van der Waals surface area contributed by atoms with Gasteiger partial charge in [-0.25, -0.2) is 0 Å². The molecule has 142 valence electrons. The van der Waals surface area contributed by atoms with E-state index in [1.807, 2.05) is 36.5 Å². The van der Waals surface area contributed by atoms with Crippen LogP contribution >= 0.6 is 11.3 Å². The van der Waals surface area contributed by atoms with Gasteiger partial charge < -0.3 is 9.80 Å². The molecule has 2 amide bonds. The van der Waals surface area contributed by atoms with Crippen molar-refractivity contribution in [3.05, 3.63) is 57.8 Å². The molecule has 27 heavy (non-hydrogen) atoms. The maximum Gasteiger partial charge on any atom is 0.263 e. The van der Waals surface area contributed by atoms with Crippen molar-refractivity contribution < 1.29 is 9.59 Å². The number of piperidine rings is 1. The van der Waals surface area contributed by atoms with E-state index in [4.69, 9.17) is 0 Å². The Morgan fingerprint density at radius 3 is 2.56 bits per heavy atom. The maximum atomic E-state index is 12.7. The molecule has 2 heterocycles. The van der Waals surface area contributed by atoms with Crippen LogP contribution in [0.4, 0.5) is 0 Å². The lowest BCUT2D eigenvalue weighted by Crippen LogP contribution is -2.44. The van der Waals surface area contributed by atoms with E-state index in [-0.39, 0.29) is 23.1 Å². The summed E-state index contributed by atoms with van der Waals surface area (Å²) >= 11 is 1.51. The van der Waals surface area contributed by atoms with Gasteiger partial charge in [-0.3, -0.25) is 9.59 Å². The summed E-state index contributed by atoms with van der Waals surface area (Å²) < 4.78 is 0. The first-order valence-electron chi connectivity index (χ1n) is 9.62. The molecule has 5 heteroatoms. The molecule has 1 spiro atoms. The third-order valence-corrected chi connectivity index (χ3v) is 7.13. The van der Waals surface area contributed by atoms with Gasteiger partial charge in [-0.2, -0.15) is 0 Å². The van der Waals surface area contributed by atoms with Crippen LogP contribution in [-0.2, 0) is 10.2 Å². The summed E-state index contributed by atoms with van der Waals surface area (Å²) in [6, 6.07) is 12.5. The first-order valence-corrected chi connectivity index (χ1v) is 10.5. The monoisotopic (exact) mass is 382 g/mol. The quantitative estimate of drug-likeness (QED) is 0.808.